The third-order valence-electron chi connectivity index (χ3n) is 5.18. The van der Waals surface area contributed by atoms with Crippen molar-refractivity contribution in [3.05, 3.63) is 90.0 Å². The van der Waals surface area contributed by atoms with E-state index >= 15 is 0 Å². The van der Waals surface area contributed by atoms with Crippen LogP contribution >= 0.6 is 0 Å². The molecule has 0 aliphatic heterocycles. The molecule has 1 unspecified atom stereocenters. The number of benzene rings is 3. The van der Waals surface area contributed by atoms with Crippen molar-refractivity contribution in [2.45, 2.75) is 52.2 Å². The van der Waals surface area contributed by atoms with Gasteiger partial charge in [0.05, 0.1) is 6.10 Å². The van der Waals surface area contributed by atoms with Crippen LogP contribution in [0.2, 0.25) is 0 Å². The predicted molar refractivity (Wildman–Crippen MR) is 121 cm³/mol. The molecule has 152 valence electrons. The van der Waals surface area contributed by atoms with Gasteiger partial charge in [0.1, 0.15) is 12.4 Å². The lowest BCUT2D eigenvalue weighted by Gasteiger charge is -2.14. The monoisotopic (exact) mass is 388 g/mol. The van der Waals surface area contributed by atoms with E-state index in [-0.39, 0.29) is 6.10 Å². The van der Waals surface area contributed by atoms with Crippen molar-refractivity contribution in [3.63, 3.8) is 0 Å². The molecule has 0 bridgehead atoms. The molecule has 1 atom stereocenters. The minimum absolute atomic E-state index is 0.138. The number of hydrogen-bond acceptors (Lipinski definition) is 2. The highest BCUT2D eigenvalue weighted by molar-refractivity contribution is 5.64. The Morgan fingerprint density at radius 1 is 0.724 bits per heavy atom. The number of unbranched alkanes of at least 4 members (excludes halogenated alkanes) is 3. The average molecular weight is 389 g/mol. The molecule has 0 radical (unpaired) electrons. The first-order chi connectivity index (χ1) is 14.3. The van der Waals surface area contributed by atoms with E-state index in [2.05, 4.69) is 62.4 Å². The predicted octanol–water partition coefficient (Wildman–Crippen LogP) is 7.59. The summed E-state index contributed by atoms with van der Waals surface area (Å²) < 4.78 is 11.9. The van der Waals surface area contributed by atoms with Crippen LogP contribution in [0.15, 0.2) is 78.9 Å². The Balaban J connectivity index is 1.51. The molecule has 0 saturated heterocycles. The Kier molecular flexibility index (Phi) is 8.33. The first-order valence-corrected chi connectivity index (χ1v) is 10.7. The highest BCUT2D eigenvalue weighted by Gasteiger charge is 2.06. The summed E-state index contributed by atoms with van der Waals surface area (Å²) >= 11 is 0. The molecule has 0 aliphatic rings. The van der Waals surface area contributed by atoms with Crippen molar-refractivity contribution in [1.82, 2.24) is 0 Å². The van der Waals surface area contributed by atoms with Crippen LogP contribution < -0.4 is 4.74 Å². The third kappa shape index (κ3) is 6.76. The molecule has 3 aromatic carbocycles. The van der Waals surface area contributed by atoms with Gasteiger partial charge in [-0.1, -0.05) is 92.9 Å². The van der Waals surface area contributed by atoms with E-state index in [1.54, 1.807) is 0 Å². The van der Waals surface area contributed by atoms with Crippen molar-refractivity contribution in [2.75, 3.05) is 6.61 Å². The maximum Gasteiger partial charge on any atom is 0.119 e. The first kappa shape index (κ1) is 21.1. The SMILES string of the molecule is CCCCCCOC(C)c1ccc(-c2ccc(OCc3ccccc3)cc2)cc1. The quantitative estimate of drug-likeness (QED) is 0.315. The Bertz CT molecular complexity index is 823. The zero-order chi connectivity index (χ0) is 20.3. The van der Waals surface area contributed by atoms with Gasteiger partial charge in [0.2, 0.25) is 0 Å². The summed E-state index contributed by atoms with van der Waals surface area (Å²) in [4.78, 5) is 0. The molecule has 0 saturated carbocycles. The highest BCUT2D eigenvalue weighted by atomic mass is 16.5. The molecule has 3 rings (SSSR count). The van der Waals surface area contributed by atoms with Crippen LogP contribution in [0.1, 0.15) is 56.8 Å². The van der Waals surface area contributed by atoms with Gasteiger partial charge in [0.15, 0.2) is 0 Å². The molecule has 0 aromatic heterocycles. The van der Waals surface area contributed by atoms with Gasteiger partial charge < -0.3 is 9.47 Å². The lowest BCUT2D eigenvalue weighted by atomic mass is 10.0. The number of hydrogen-bond donors (Lipinski definition) is 0. The summed E-state index contributed by atoms with van der Waals surface area (Å²) in [6.07, 6.45) is 5.10. The van der Waals surface area contributed by atoms with Crippen LogP contribution in [0.5, 0.6) is 5.75 Å². The Labute approximate surface area is 175 Å². The number of rotatable bonds is 11. The summed E-state index contributed by atoms with van der Waals surface area (Å²) in [5, 5.41) is 0. The van der Waals surface area contributed by atoms with Crippen LogP contribution in [-0.4, -0.2) is 6.61 Å². The van der Waals surface area contributed by atoms with Gasteiger partial charge in [0.25, 0.3) is 0 Å². The Hall–Kier alpha value is -2.58. The topological polar surface area (TPSA) is 18.5 Å². The van der Waals surface area contributed by atoms with Gasteiger partial charge in [-0.25, -0.2) is 0 Å². The second-order valence-corrected chi connectivity index (χ2v) is 7.49. The smallest absolute Gasteiger partial charge is 0.119 e. The molecule has 2 heteroatoms. The summed E-state index contributed by atoms with van der Waals surface area (Å²) in [6.45, 7) is 5.79. The summed E-state index contributed by atoms with van der Waals surface area (Å²) in [5.41, 5.74) is 4.80. The fourth-order valence-corrected chi connectivity index (χ4v) is 3.32. The minimum atomic E-state index is 0.138. The minimum Gasteiger partial charge on any atom is -0.489 e. The molecular formula is C27H32O2. The average Bonchev–Trinajstić information content (AvgIpc) is 2.78. The second-order valence-electron chi connectivity index (χ2n) is 7.49. The zero-order valence-corrected chi connectivity index (χ0v) is 17.6. The van der Waals surface area contributed by atoms with E-state index in [4.69, 9.17) is 9.47 Å². The van der Waals surface area contributed by atoms with E-state index in [0.29, 0.717) is 6.61 Å². The summed E-state index contributed by atoms with van der Waals surface area (Å²) in [5.74, 6) is 0.888. The first-order valence-electron chi connectivity index (χ1n) is 10.7. The van der Waals surface area contributed by atoms with Crippen molar-refractivity contribution >= 4 is 0 Å². The van der Waals surface area contributed by atoms with Gasteiger partial charge in [-0.05, 0) is 47.7 Å². The molecule has 3 aromatic rings. The molecule has 0 amide bonds. The van der Waals surface area contributed by atoms with E-state index < -0.39 is 0 Å². The molecule has 0 fully saturated rings. The maximum absolute atomic E-state index is 5.98. The van der Waals surface area contributed by atoms with Crippen molar-refractivity contribution in [1.29, 1.82) is 0 Å². The third-order valence-corrected chi connectivity index (χ3v) is 5.18. The number of ether oxygens (including phenoxy) is 2. The van der Waals surface area contributed by atoms with Gasteiger partial charge in [-0.2, -0.15) is 0 Å². The lowest BCUT2D eigenvalue weighted by Crippen LogP contribution is -2.01. The molecule has 0 aliphatic carbocycles. The standard InChI is InChI=1S/C27H32O2/c1-3-4-5-9-20-28-22(2)24-12-14-25(15-13-24)26-16-18-27(19-17-26)29-21-23-10-7-6-8-11-23/h6-8,10-19,22H,3-5,9,20-21H2,1-2H3. The van der Waals surface area contributed by atoms with E-state index in [1.807, 2.05) is 30.3 Å². The molecule has 29 heavy (non-hydrogen) atoms. The van der Waals surface area contributed by atoms with Gasteiger partial charge in [0, 0.05) is 6.61 Å². The fourth-order valence-electron chi connectivity index (χ4n) is 3.32. The second kappa shape index (κ2) is 11.4. The largest absolute Gasteiger partial charge is 0.489 e. The van der Waals surface area contributed by atoms with Crippen LogP contribution in [0.4, 0.5) is 0 Å². The Morgan fingerprint density at radius 3 is 2.03 bits per heavy atom. The van der Waals surface area contributed by atoms with Crippen LogP contribution in [0, 0.1) is 0 Å². The van der Waals surface area contributed by atoms with Gasteiger partial charge >= 0.3 is 0 Å². The zero-order valence-electron chi connectivity index (χ0n) is 17.6. The summed E-state index contributed by atoms with van der Waals surface area (Å²) in [6, 6.07) is 27.2. The fraction of sp³-hybridized carbons (Fsp3) is 0.333. The van der Waals surface area contributed by atoms with Crippen molar-refractivity contribution < 1.29 is 9.47 Å². The Morgan fingerprint density at radius 2 is 1.38 bits per heavy atom. The molecular weight excluding hydrogens is 356 g/mol. The van der Waals surface area contributed by atoms with E-state index in [9.17, 15) is 0 Å². The van der Waals surface area contributed by atoms with Crippen molar-refractivity contribution in [2.24, 2.45) is 0 Å². The van der Waals surface area contributed by atoms with Crippen molar-refractivity contribution in [3.8, 4) is 16.9 Å². The molecule has 0 spiro atoms. The summed E-state index contributed by atoms with van der Waals surface area (Å²) in [7, 11) is 0. The molecule has 0 heterocycles. The highest BCUT2D eigenvalue weighted by Crippen LogP contribution is 2.25. The van der Waals surface area contributed by atoms with Gasteiger partial charge in [-0.15, -0.1) is 0 Å². The maximum atomic E-state index is 5.98. The van der Waals surface area contributed by atoms with Crippen LogP contribution in [-0.2, 0) is 11.3 Å². The van der Waals surface area contributed by atoms with Crippen LogP contribution in [0.3, 0.4) is 0 Å². The van der Waals surface area contributed by atoms with Gasteiger partial charge in [-0.3, -0.25) is 0 Å². The lowest BCUT2D eigenvalue weighted by molar-refractivity contribution is 0.0628. The van der Waals surface area contributed by atoms with E-state index in [1.165, 1.54) is 41.5 Å². The normalized spacial score (nSPS) is 11.9. The van der Waals surface area contributed by atoms with E-state index in [0.717, 1.165) is 18.8 Å². The molecule has 0 N–H and O–H groups in total. The van der Waals surface area contributed by atoms with Crippen LogP contribution in [0.25, 0.3) is 11.1 Å². The molecule has 2 nitrogen and oxygen atoms in total.